The topological polar surface area (TPSA) is 34.2 Å². The second-order valence-corrected chi connectivity index (χ2v) is 5.25. The van der Waals surface area contributed by atoms with Gasteiger partial charge in [-0.1, -0.05) is 0 Å². The smallest absolute Gasteiger partial charge is 0.107 e. The van der Waals surface area contributed by atoms with Crippen LogP contribution < -0.4 is 5.32 Å². The first kappa shape index (κ1) is 13.9. The molecule has 5 heteroatoms. The van der Waals surface area contributed by atoms with E-state index in [0.717, 1.165) is 36.8 Å². The van der Waals surface area contributed by atoms with E-state index in [0.29, 0.717) is 12.5 Å². The van der Waals surface area contributed by atoms with E-state index in [1.54, 1.807) is 11.3 Å². The van der Waals surface area contributed by atoms with E-state index in [4.69, 9.17) is 16.3 Å². The summed E-state index contributed by atoms with van der Waals surface area (Å²) in [6.07, 6.45) is 1.01. The van der Waals surface area contributed by atoms with Gasteiger partial charge in [-0.15, -0.1) is 22.9 Å². The molecule has 1 aromatic rings. The van der Waals surface area contributed by atoms with Crippen LogP contribution in [0.15, 0.2) is 0 Å². The number of nitrogens with one attached hydrogen (secondary N) is 1. The van der Waals surface area contributed by atoms with Crippen molar-refractivity contribution in [1.82, 2.24) is 10.3 Å². The van der Waals surface area contributed by atoms with Crippen LogP contribution in [0.3, 0.4) is 0 Å². The molecule has 0 saturated carbocycles. The molecule has 0 fully saturated rings. The fourth-order valence-corrected chi connectivity index (χ4v) is 2.28. The SMILES string of the molecule is Cc1nc(CNCCCOCCCl)sc1C. The maximum atomic E-state index is 5.49. The van der Waals surface area contributed by atoms with Crippen LogP contribution in [0.5, 0.6) is 0 Å². The number of aryl methyl sites for hydroxylation is 2. The minimum Gasteiger partial charge on any atom is -0.380 e. The molecule has 3 nitrogen and oxygen atoms in total. The highest BCUT2D eigenvalue weighted by atomic mass is 35.5. The molecule has 0 aromatic carbocycles. The van der Waals surface area contributed by atoms with Crippen LogP contribution in [-0.2, 0) is 11.3 Å². The molecule has 1 aromatic heterocycles. The highest BCUT2D eigenvalue weighted by molar-refractivity contribution is 7.11. The number of rotatable bonds is 8. The van der Waals surface area contributed by atoms with Gasteiger partial charge < -0.3 is 10.1 Å². The lowest BCUT2D eigenvalue weighted by Crippen LogP contribution is -2.16. The summed E-state index contributed by atoms with van der Waals surface area (Å²) in [6.45, 7) is 7.39. The standard InChI is InChI=1S/C11H19ClN2OS/c1-9-10(2)16-11(14-9)8-13-5-3-6-15-7-4-12/h13H,3-8H2,1-2H3. The summed E-state index contributed by atoms with van der Waals surface area (Å²) in [5, 5.41) is 4.52. The lowest BCUT2D eigenvalue weighted by molar-refractivity contribution is 0.146. The van der Waals surface area contributed by atoms with E-state index < -0.39 is 0 Å². The summed E-state index contributed by atoms with van der Waals surface area (Å²) < 4.78 is 5.27. The number of hydrogen-bond donors (Lipinski definition) is 1. The van der Waals surface area contributed by atoms with Crippen molar-refractivity contribution in [2.75, 3.05) is 25.6 Å². The third kappa shape index (κ3) is 5.25. The van der Waals surface area contributed by atoms with Crippen LogP contribution >= 0.6 is 22.9 Å². The predicted octanol–water partition coefficient (Wildman–Crippen LogP) is 2.50. The van der Waals surface area contributed by atoms with Crippen LogP contribution in [0, 0.1) is 13.8 Å². The largest absolute Gasteiger partial charge is 0.380 e. The maximum Gasteiger partial charge on any atom is 0.107 e. The number of hydrogen-bond acceptors (Lipinski definition) is 4. The van der Waals surface area contributed by atoms with Crippen LogP contribution in [0.2, 0.25) is 0 Å². The van der Waals surface area contributed by atoms with Gasteiger partial charge in [0.2, 0.25) is 0 Å². The van der Waals surface area contributed by atoms with Gasteiger partial charge in [0.1, 0.15) is 5.01 Å². The number of aromatic nitrogens is 1. The van der Waals surface area contributed by atoms with Gasteiger partial charge in [0.05, 0.1) is 12.3 Å². The van der Waals surface area contributed by atoms with Crippen molar-refractivity contribution in [3.8, 4) is 0 Å². The Kier molecular flexibility index (Phi) is 6.96. The fraction of sp³-hybridized carbons (Fsp3) is 0.727. The Morgan fingerprint density at radius 1 is 1.38 bits per heavy atom. The first-order chi connectivity index (χ1) is 7.74. The number of nitrogens with zero attached hydrogens (tertiary/aromatic N) is 1. The molecule has 0 saturated heterocycles. The molecule has 0 radical (unpaired) electrons. The molecule has 16 heavy (non-hydrogen) atoms. The van der Waals surface area contributed by atoms with E-state index in [9.17, 15) is 0 Å². The van der Waals surface area contributed by atoms with Crippen molar-refractivity contribution in [2.24, 2.45) is 0 Å². The predicted molar refractivity (Wildman–Crippen MR) is 69.5 cm³/mol. The summed E-state index contributed by atoms with van der Waals surface area (Å²) in [7, 11) is 0. The highest BCUT2D eigenvalue weighted by Gasteiger charge is 2.02. The van der Waals surface area contributed by atoms with Crippen molar-refractivity contribution in [3.05, 3.63) is 15.6 Å². The lowest BCUT2D eigenvalue weighted by Gasteiger charge is -2.03. The first-order valence-electron chi connectivity index (χ1n) is 5.51. The number of alkyl halides is 1. The molecule has 0 aliphatic rings. The molecule has 0 unspecified atom stereocenters. The summed E-state index contributed by atoms with van der Waals surface area (Å²) in [6, 6.07) is 0. The second kappa shape index (κ2) is 8.01. The van der Waals surface area contributed by atoms with E-state index in [1.165, 1.54) is 4.88 Å². The molecule has 0 bridgehead atoms. The van der Waals surface area contributed by atoms with Crippen LogP contribution in [0.4, 0.5) is 0 Å². The summed E-state index contributed by atoms with van der Waals surface area (Å²) in [4.78, 5) is 5.77. The monoisotopic (exact) mass is 262 g/mol. The third-order valence-corrected chi connectivity index (χ3v) is 3.44. The molecular weight excluding hydrogens is 244 g/mol. The maximum absolute atomic E-state index is 5.49. The van der Waals surface area contributed by atoms with Gasteiger partial charge in [-0.2, -0.15) is 0 Å². The Bertz CT molecular complexity index is 285. The molecule has 0 spiro atoms. The van der Waals surface area contributed by atoms with Crippen molar-refractivity contribution in [2.45, 2.75) is 26.8 Å². The summed E-state index contributed by atoms with van der Waals surface area (Å²) in [5.41, 5.74) is 1.15. The Labute approximate surface area is 106 Å². The molecule has 1 rings (SSSR count). The van der Waals surface area contributed by atoms with Gasteiger partial charge in [0.15, 0.2) is 0 Å². The quantitative estimate of drug-likeness (QED) is 0.577. The number of halogens is 1. The molecular formula is C11H19ClN2OS. The van der Waals surface area contributed by atoms with Gasteiger partial charge in [0.25, 0.3) is 0 Å². The normalized spacial score (nSPS) is 10.9. The second-order valence-electron chi connectivity index (χ2n) is 3.58. The Morgan fingerprint density at radius 3 is 2.81 bits per heavy atom. The molecule has 0 aliphatic carbocycles. The van der Waals surface area contributed by atoms with Crippen molar-refractivity contribution in [3.63, 3.8) is 0 Å². The third-order valence-electron chi connectivity index (χ3n) is 2.21. The lowest BCUT2D eigenvalue weighted by atomic mass is 10.4. The fourth-order valence-electron chi connectivity index (χ4n) is 1.27. The van der Waals surface area contributed by atoms with Crippen molar-refractivity contribution >= 4 is 22.9 Å². The summed E-state index contributed by atoms with van der Waals surface area (Å²) >= 11 is 7.26. The van der Waals surface area contributed by atoms with E-state index in [-0.39, 0.29) is 0 Å². The number of ether oxygens (including phenoxy) is 1. The van der Waals surface area contributed by atoms with E-state index in [2.05, 4.69) is 24.1 Å². The number of thiazole rings is 1. The van der Waals surface area contributed by atoms with Crippen molar-refractivity contribution in [1.29, 1.82) is 0 Å². The van der Waals surface area contributed by atoms with Crippen LogP contribution in [0.25, 0.3) is 0 Å². The highest BCUT2D eigenvalue weighted by Crippen LogP contribution is 2.15. The zero-order valence-corrected chi connectivity index (χ0v) is 11.5. The Balaban J connectivity index is 2.03. The Morgan fingerprint density at radius 2 is 2.19 bits per heavy atom. The van der Waals surface area contributed by atoms with Gasteiger partial charge in [0, 0.05) is 23.9 Å². The van der Waals surface area contributed by atoms with Crippen LogP contribution in [-0.4, -0.2) is 30.6 Å². The summed E-state index contributed by atoms with van der Waals surface area (Å²) in [5.74, 6) is 0.575. The minimum atomic E-state index is 0.575. The molecule has 1 N–H and O–H groups in total. The van der Waals surface area contributed by atoms with Gasteiger partial charge in [-0.25, -0.2) is 4.98 Å². The average molecular weight is 263 g/mol. The molecule has 92 valence electrons. The van der Waals surface area contributed by atoms with Crippen LogP contribution in [0.1, 0.15) is 22.0 Å². The molecule has 0 amide bonds. The minimum absolute atomic E-state index is 0.575. The average Bonchev–Trinajstić information content (AvgIpc) is 2.57. The Hall–Kier alpha value is -0.160. The first-order valence-corrected chi connectivity index (χ1v) is 6.86. The molecule has 1 heterocycles. The van der Waals surface area contributed by atoms with E-state index in [1.807, 2.05) is 0 Å². The van der Waals surface area contributed by atoms with Gasteiger partial charge in [-0.3, -0.25) is 0 Å². The zero-order valence-electron chi connectivity index (χ0n) is 9.88. The molecule has 0 atom stereocenters. The van der Waals surface area contributed by atoms with Gasteiger partial charge in [-0.05, 0) is 26.8 Å². The van der Waals surface area contributed by atoms with Crippen molar-refractivity contribution < 1.29 is 4.74 Å². The van der Waals surface area contributed by atoms with Gasteiger partial charge >= 0.3 is 0 Å². The zero-order chi connectivity index (χ0) is 11.8. The van der Waals surface area contributed by atoms with E-state index >= 15 is 0 Å². The molecule has 0 aliphatic heterocycles.